The van der Waals surface area contributed by atoms with E-state index in [9.17, 15) is 22.6 Å². The number of pyridine rings is 1. The van der Waals surface area contributed by atoms with Crippen LogP contribution in [0.15, 0.2) is 46.5 Å². The lowest BCUT2D eigenvalue weighted by molar-refractivity contribution is -0.905. The van der Waals surface area contributed by atoms with Crippen LogP contribution in [0, 0.1) is 5.92 Å². The first-order chi connectivity index (χ1) is 15.4. The predicted octanol–water partition coefficient (Wildman–Crippen LogP) is 4.47. The van der Waals surface area contributed by atoms with Crippen LogP contribution in [0.25, 0.3) is 11.0 Å². The molecule has 0 bridgehead atoms. The Hall–Kier alpha value is -2.46. The van der Waals surface area contributed by atoms with Gasteiger partial charge in [-0.2, -0.15) is 13.2 Å². The number of nitrogens with zero attached hydrogens (tertiary/aromatic N) is 3. The minimum atomic E-state index is -4.76. The van der Waals surface area contributed by atoms with E-state index in [-0.39, 0.29) is 10.3 Å². The molecule has 1 aliphatic heterocycles. The Balaban J connectivity index is 1.77. The Kier molecular flexibility index (Phi) is 6.26. The van der Waals surface area contributed by atoms with Gasteiger partial charge >= 0.3 is 6.18 Å². The molecule has 0 aliphatic carbocycles. The molecule has 33 heavy (non-hydrogen) atoms. The van der Waals surface area contributed by atoms with Crippen LogP contribution in [-0.4, -0.2) is 32.2 Å². The molecule has 1 atom stereocenters. The molecule has 1 aliphatic rings. The van der Waals surface area contributed by atoms with Gasteiger partial charge in [0.1, 0.15) is 11.4 Å². The first-order valence-corrected chi connectivity index (χ1v) is 11.9. The zero-order valence-electron chi connectivity index (χ0n) is 18.7. The van der Waals surface area contributed by atoms with Crippen molar-refractivity contribution in [2.45, 2.75) is 61.5 Å². The molecule has 1 aromatic carbocycles. The van der Waals surface area contributed by atoms with E-state index in [0.29, 0.717) is 22.4 Å². The van der Waals surface area contributed by atoms with E-state index in [4.69, 9.17) is 9.72 Å². The third-order valence-corrected chi connectivity index (χ3v) is 7.23. The smallest absolute Gasteiger partial charge is 0.381 e. The molecule has 1 fully saturated rings. The van der Waals surface area contributed by atoms with Crippen molar-refractivity contribution in [3.8, 4) is 0 Å². The molecule has 3 aromatic rings. The third kappa shape index (κ3) is 4.91. The Labute approximate surface area is 192 Å². The first kappa shape index (κ1) is 23.7. The normalized spacial score (nSPS) is 16.9. The first-order valence-electron chi connectivity index (χ1n) is 10.8. The lowest BCUT2D eigenvalue weighted by atomic mass is 9.94. The van der Waals surface area contributed by atoms with Gasteiger partial charge in [0.05, 0.1) is 26.7 Å². The highest BCUT2D eigenvalue weighted by Crippen LogP contribution is 2.35. The topological polar surface area (TPSA) is 68.2 Å². The molecular formula is C23H27F3N3O3S+. The average Bonchev–Trinajstić information content (AvgIpc) is 3.11. The number of alkyl halides is 3. The highest BCUT2D eigenvalue weighted by atomic mass is 32.2. The number of hydrogen-bond acceptors (Lipinski definition) is 4. The summed E-state index contributed by atoms with van der Waals surface area (Å²) in [5.74, 6) is 1.33. The van der Waals surface area contributed by atoms with Crippen LogP contribution in [0.3, 0.4) is 0 Å². The maximum absolute atomic E-state index is 13.5. The predicted molar refractivity (Wildman–Crippen MR) is 115 cm³/mol. The molecule has 0 saturated carbocycles. The van der Waals surface area contributed by atoms with Crippen molar-refractivity contribution in [3.05, 3.63) is 48.0 Å². The van der Waals surface area contributed by atoms with Gasteiger partial charge in [0.2, 0.25) is 12.4 Å². The lowest BCUT2D eigenvalue weighted by Crippen LogP contribution is -2.31. The van der Waals surface area contributed by atoms with Gasteiger partial charge in [-0.05, 0) is 37.0 Å². The number of rotatable bonds is 4. The highest BCUT2D eigenvalue weighted by molar-refractivity contribution is 7.85. The molecule has 0 amide bonds. The molecule has 6 nitrogen and oxygen atoms in total. The fourth-order valence-electron chi connectivity index (χ4n) is 4.14. The van der Waals surface area contributed by atoms with Crippen LogP contribution in [-0.2, 0) is 33.7 Å². The summed E-state index contributed by atoms with van der Waals surface area (Å²) < 4.78 is 61.6. The van der Waals surface area contributed by atoms with Gasteiger partial charge in [0, 0.05) is 40.9 Å². The second-order valence-corrected chi connectivity index (χ2v) is 10.8. The van der Waals surface area contributed by atoms with E-state index in [0.717, 1.165) is 56.2 Å². The van der Waals surface area contributed by atoms with E-state index >= 15 is 0 Å². The van der Waals surface area contributed by atoms with Crippen molar-refractivity contribution in [1.29, 1.82) is 0 Å². The molecule has 3 heterocycles. The van der Waals surface area contributed by atoms with Crippen molar-refractivity contribution in [2.24, 2.45) is 5.92 Å². The van der Waals surface area contributed by atoms with Crippen molar-refractivity contribution in [3.63, 3.8) is 0 Å². The summed E-state index contributed by atoms with van der Waals surface area (Å²) in [6.07, 6.45) is -1.28. The molecule has 0 spiro atoms. The minimum absolute atomic E-state index is 0.222. The molecule has 4 rings (SSSR count). The van der Waals surface area contributed by atoms with Gasteiger partial charge in [-0.15, -0.1) is 0 Å². The van der Waals surface area contributed by atoms with Crippen molar-refractivity contribution < 1.29 is 32.1 Å². The molecule has 178 valence electrons. The van der Waals surface area contributed by atoms with E-state index in [2.05, 4.69) is 25.3 Å². The number of imidazole rings is 1. The Morgan fingerprint density at radius 2 is 1.91 bits per heavy atom. The van der Waals surface area contributed by atoms with E-state index in [1.54, 1.807) is 18.2 Å². The van der Waals surface area contributed by atoms with E-state index in [1.165, 1.54) is 0 Å². The number of fused-ring (bicyclic) bond motifs is 1. The van der Waals surface area contributed by atoms with Gasteiger partial charge in [0.15, 0.2) is 0 Å². The largest absolute Gasteiger partial charge is 0.423 e. The quantitative estimate of drug-likeness (QED) is 0.440. The number of aromatic nitrogens is 3. The maximum Gasteiger partial charge on any atom is 0.423 e. The molecule has 10 heteroatoms. The summed E-state index contributed by atoms with van der Waals surface area (Å²) in [5, 5.41) is 9.44. The zero-order valence-corrected chi connectivity index (χ0v) is 19.5. The Morgan fingerprint density at radius 3 is 2.55 bits per heavy atom. The fourth-order valence-corrected chi connectivity index (χ4v) is 5.36. The monoisotopic (exact) mass is 482 g/mol. The molecular weight excluding hydrogens is 455 g/mol. The number of ether oxygens (including phenoxy) is 1. The zero-order chi connectivity index (χ0) is 24.0. The van der Waals surface area contributed by atoms with Gasteiger partial charge < -0.3 is 9.30 Å². The molecule has 0 radical (unpaired) electrons. The molecule has 1 unspecified atom stereocenters. The molecule has 1 saturated heterocycles. The van der Waals surface area contributed by atoms with Gasteiger partial charge in [0.25, 0.3) is 0 Å². The summed E-state index contributed by atoms with van der Waals surface area (Å²) in [6.45, 7) is 8.45. The maximum atomic E-state index is 13.5. The van der Waals surface area contributed by atoms with Crippen LogP contribution in [0.2, 0.25) is 0 Å². The van der Waals surface area contributed by atoms with Crippen LogP contribution in [0.1, 0.15) is 45.0 Å². The van der Waals surface area contributed by atoms with E-state index in [1.807, 2.05) is 0 Å². The minimum Gasteiger partial charge on any atom is -0.381 e. The van der Waals surface area contributed by atoms with Gasteiger partial charge in [-0.25, -0.2) is 9.19 Å². The second-order valence-electron chi connectivity index (χ2n) is 9.37. The highest BCUT2D eigenvalue weighted by Gasteiger charge is 2.38. The molecule has 1 N–H and O–H groups in total. The fraction of sp³-hybridized carbons (Fsp3) is 0.478. The van der Waals surface area contributed by atoms with Crippen LogP contribution in [0.4, 0.5) is 13.2 Å². The van der Waals surface area contributed by atoms with Gasteiger partial charge in [-0.3, -0.25) is 5.21 Å². The second kappa shape index (κ2) is 8.72. The summed E-state index contributed by atoms with van der Waals surface area (Å²) in [7, 11) is -2.10. The van der Waals surface area contributed by atoms with Crippen molar-refractivity contribution in [2.75, 3.05) is 13.2 Å². The van der Waals surface area contributed by atoms with Crippen molar-refractivity contribution in [1.82, 2.24) is 9.55 Å². The van der Waals surface area contributed by atoms with Crippen LogP contribution < -0.4 is 4.73 Å². The van der Waals surface area contributed by atoms with Crippen molar-refractivity contribution >= 4 is 21.8 Å². The van der Waals surface area contributed by atoms with Crippen LogP contribution in [0.5, 0.6) is 0 Å². The van der Waals surface area contributed by atoms with E-state index < -0.39 is 27.4 Å². The lowest BCUT2D eigenvalue weighted by Gasteiger charge is -2.26. The summed E-state index contributed by atoms with van der Waals surface area (Å²) >= 11 is 0. The average molecular weight is 483 g/mol. The SMILES string of the molecule is CC(C)(C)c1nc2cc(S(=O)c3cc[n+](O)cc3C(F)(F)F)ccc2n1CC1CCOCC1. The standard InChI is InChI=1S/C23H27F3N3O3S/c1-22(2,3)21-27-18-12-16(4-5-19(18)29(21)13-15-7-10-32-11-8-15)33(31)20-6-9-28(30)14-17(20)23(24,25)26/h4-6,9,12,14-15,30H,7-8,10-11,13H2,1-3H3/q+1. The number of hydrogen-bond donors (Lipinski definition) is 1. The Morgan fingerprint density at radius 1 is 1.21 bits per heavy atom. The number of benzene rings is 1. The Bertz CT molecular complexity index is 1200. The molecule has 2 aromatic heterocycles. The van der Waals surface area contributed by atoms with Crippen LogP contribution >= 0.6 is 0 Å². The summed E-state index contributed by atoms with van der Waals surface area (Å²) in [5.41, 5.74) is 0.0663. The number of halogens is 3. The summed E-state index contributed by atoms with van der Waals surface area (Å²) in [6, 6.07) is 5.99. The third-order valence-electron chi connectivity index (χ3n) is 5.80. The van der Waals surface area contributed by atoms with Gasteiger partial charge in [-0.1, -0.05) is 20.8 Å². The summed E-state index contributed by atoms with van der Waals surface area (Å²) in [4.78, 5) is 4.61.